The summed E-state index contributed by atoms with van der Waals surface area (Å²) in [7, 11) is 0. The largest absolute Gasteiger partial charge is 0.492 e. The number of thioether (sulfide) groups is 1. The molecule has 112 valence electrons. The molecule has 1 N–H and O–H groups in total. The number of ether oxygens (including phenoxy) is 1. The molecule has 0 spiro atoms. The first-order chi connectivity index (χ1) is 10.2. The van der Waals surface area contributed by atoms with Crippen molar-refractivity contribution in [2.75, 3.05) is 12.4 Å². The fraction of sp³-hybridized carbons (Fsp3) is 0.312. The van der Waals surface area contributed by atoms with Crippen LogP contribution in [-0.4, -0.2) is 22.5 Å². The van der Waals surface area contributed by atoms with E-state index < -0.39 is 6.10 Å². The van der Waals surface area contributed by atoms with Crippen molar-refractivity contribution in [1.29, 1.82) is 0 Å². The molecule has 0 fully saturated rings. The van der Waals surface area contributed by atoms with Crippen LogP contribution in [0.4, 0.5) is 4.39 Å². The maximum absolute atomic E-state index is 13.5. The molecule has 0 aliphatic rings. The van der Waals surface area contributed by atoms with Crippen LogP contribution >= 0.6 is 11.8 Å². The Morgan fingerprint density at radius 2 is 2.14 bits per heavy atom. The number of benzene rings is 1. The normalized spacial score (nSPS) is 12.1. The molecule has 1 aromatic carbocycles. The molecule has 0 amide bonds. The summed E-state index contributed by atoms with van der Waals surface area (Å²) >= 11 is 1.28. The molecule has 0 saturated carbocycles. The van der Waals surface area contributed by atoms with Gasteiger partial charge in [-0.15, -0.1) is 11.8 Å². The minimum Gasteiger partial charge on any atom is -0.492 e. The second kappa shape index (κ2) is 8.00. The summed E-state index contributed by atoms with van der Waals surface area (Å²) in [4.78, 5) is 4.59. The van der Waals surface area contributed by atoms with Crippen LogP contribution in [0.5, 0.6) is 5.75 Å². The third-order valence-electron chi connectivity index (χ3n) is 2.83. The molecule has 1 unspecified atom stereocenters. The average Bonchev–Trinajstić information content (AvgIpc) is 2.52. The molecule has 0 bridgehead atoms. The molecule has 0 radical (unpaired) electrons. The number of pyridine rings is 1. The molecule has 2 aromatic rings. The Balaban J connectivity index is 1.97. The third-order valence-corrected chi connectivity index (χ3v) is 3.95. The first-order valence-electron chi connectivity index (χ1n) is 6.84. The van der Waals surface area contributed by atoms with Gasteiger partial charge < -0.3 is 9.84 Å². The third kappa shape index (κ3) is 4.72. The summed E-state index contributed by atoms with van der Waals surface area (Å²) in [5.74, 6) is 0.733. The van der Waals surface area contributed by atoms with Gasteiger partial charge in [0.1, 0.15) is 11.6 Å². The van der Waals surface area contributed by atoms with Gasteiger partial charge in [-0.3, -0.25) is 4.98 Å². The van der Waals surface area contributed by atoms with Gasteiger partial charge in [-0.05, 0) is 24.6 Å². The summed E-state index contributed by atoms with van der Waals surface area (Å²) in [5, 5.41) is 10.2. The number of aliphatic hydroxyl groups excluding tert-OH is 1. The summed E-state index contributed by atoms with van der Waals surface area (Å²) in [6, 6.07) is 8.31. The van der Waals surface area contributed by atoms with Crippen molar-refractivity contribution in [3.05, 3.63) is 54.1 Å². The van der Waals surface area contributed by atoms with E-state index in [1.165, 1.54) is 17.8 Å². The lowest BCUT2D eigenvalue weighted by Crippen LogP contribution is -2.03. The number of nitrogens with zero attached hydrogens (tertiary/aromatic N) is 1. The van der Waals surface area contributed by atoms with Crippen molar-refractivity contribution in [2.24, 2.45) is 0 Å². The second-order valence-corrected chi connectivity index (χ2v) is 5.62. The van der Waals surface area contributed by atoms with Gasteiger partial charge in [-0.2, -0.15) is 0 Å². The maximum atomic E-state index is 13.5. The highest BCUT2D eigenvalue weighted by Crippen LogP contribution is 2.27. The monoisotopic (exact) mass is 307 g/mol. The van der Waals surface area contributed by atoms with E-state index in [0.29, 0.717) is 28.6 Å². The molecule has 1 aromatic heterocycles. The van der Waals surface area contributed by atoms with Gasteiger partial charge >= 0.3 is 0 Å². The van der Waals surface area contributed by atoms with Crippen LogP contribution in [0.1, 0.15) is 25.0 Å². The summed E-state index contributed by atoms with van der Waals surface area (Å²) in [6.45, 7) is 2.64. The van der Waals surface area contributed by atoms with Crippen LogP contribution in [-0.2, 0) is 0 Å². The zero-order valence-electron chi connectivity index (χ0n) is 11.8. The van der Waals surface area contributed by atoms with Crippen molar-refractivity contribution >= 4 is 11.8 Å². The molecule has 0 saturated heterocycles. The highest BCUT2D eigenvalue weighted by Gasteiger charge is 2.11. The SMILES string of the molecule is CCCOc1cncc(C(O)CSc2ccccc2F)c1. The minimum atomic E-state index is -0.715. The Bertz CT molecular complexity index is 580. The van der Waals surface area contributed by atoms with Crippen LogP contribution in [0.3, 0.4) is 0 Å². The quantitative estimate of drug-likeness (QED) is 0.789. The number of hydrogen-bond donors (Lipinski definition) is 1. The summed E-state index contributed by atoms with van der Waals surface area (Å²) in [6.07, 6.45) is 3.42. The van der Waals surface area contributed by atoms with E-state index in [1.807, 2.05) is 6.92 Å². The smallest absolute Gasteiger partial charge is 0.137 e. The van der Waals surface area contributed by atoms with Crippen molar-refractivity contribution < 1.29 is 14.2 Å². The van der Waals surface area contributed by atoms with Crippen LogP contribution in [0.15, 0.2) is 47.6 Å². The lowest BCUT2D eigenvalue weighted by molar-refractivity contribution is 0.202. The average molecular weight is 307 g/mol. The van der Waals surface area contributed by atoms with E-state index in [9.17, 15) is 9.50 Å². The Morgan fingerprint density at radius 1 is 1.33 bits per heavy atom. The molecule has 0 aliphatic carbocycles. The number of rotatable bonds is 7. The number of aliphatic hydroxyl groups is 1. The van der Waals surface area contributed by atoms with E-state index in [2.05, 4.69) is 4.98 Å². The van der Waals surface area contributed by atoms with E-state index in [-0.39, 0.29) is 5.82 Å². The molecular formula is C16H18FNO2S. The van der Waals surface area contributed by atoms with Crippen molar-refractivity contribution in [3.8, 4) is 5.75 Å². The van der Waals surface area contributed by atoms with Crippen molar-refractivity contribution in [2.45, 2.75) is 24.3 Å². The number of halogens is 1. The van der Waals surface area contributed by atoms with Gasteiger partial charge in [-0.1, -0.05) is 19.1 Å². The fourth-order valence-corrected chi connectivity index (χ4v) is 2.65. The molecule has 0 aliphatic heterocycles. The lowest BCUT2D eigenvalue weighted by atomic mass is 10.2. The van der Waals surface area contributed by atoms with Gasteiger partial charge in [-0.25, -0.2) is 4.39 Å². The van der Waals surface area contributed by atoms with Crippen molar-refractivity contribution in [3.63, 3.8) is 0 Å². The summed E-state index contributed by atoms with van der Waals surface area (Å²) in [5.41, 5.74) is 0.674. The first kappa shape index (κ1) is 15.8. The van der Waals surface area contributed by atoms with Crippen molar-refractivity contribution in [1.82, 2.24) is 4.98 Å². The number of hydrogen-bond acceptors (Lipinski definition) is 4. The molecule has 2 rings (SSSR count). The minimum absolute atomic E-state index is 0.271. The maximum Gasteiger partial charge on any atom is 0.137 e. The van der Waals surface area contributed by atoms with Crippen LogP contribution in [0.2, 0.25) is 0 Å². The molecule has 5 heteroatoms. The van der Waals surface area contributed by atoms with E-state index in [4.69, 9.17) is 4.74 Å². The standard InChI is InChI=1S/C16H18FNO2S/c1-2-7-20-13-8-12(9-18-10-13)15(19)11-21-16-6-4-3-5-14(16)17/h3-6,8-10,15,19H,2,7,11H2,1H3. The van der Waals surface area contributed by atoms with Crippen LogP contribution in [0, 0.1) is 5.82 Å². The van der Waals surface area contributed by atoms with Gasteiger partial charge in [0, 0.05) is 22.4 Å². The fourth-order valence-electron chi connectivity index (χ4n) is 1.74. The number of aromatic nitrogens is 1. The topological polar surface area (TPSA) is 42.4 Å². The van der Waals surface area contributed by atoms with Gasteiger partial charge in [0.05, 0.1) is 18.9 Å². The van der Waals surface area contributed by atoms with Crippen LogP contribution in [0.25, 0.3) is 0 Å². The molecule has 1 atom stereocenters. The highest BCUT2D eigenvalue weighted by molar-refractivity contribution is 7.99. The first-order valence-corrected chi connectivity index (χ1v) is 7.82. The Hall–Kier alpha value is -1.59. The van der Waals surface area contributed by atoms with E-state index in [1.54, 1.807) is 36.7 Å². The van der Waals surface area contributed by atoms with Gasteiger partial charge in [0.2, 0.25) is 0 Å². The Labute approximate surface area is 128 Å². The highest BCUT2D eigenvalue weighted by atomic mass is 32.2. The molecule has 21 heavy (non-hydrogen) atoms. The predicted octanol–water partition coefficient (Wildman–Crippen LogP) is 3.84. The predicted molar refractivity (Wildman–Crippen MR) is 82.1 cm³/mol. The second-order valence-electron chi connectivity index (χ2n) is 4.56. The van der Waals surface area contributed by atoms with Crippen LogP contribution < -0.4 is 4.74 Å². The Kier molecular flexibility index (Phi) is 6.02. The Morgan fingerprint density at radius 3 is 2.90 bits per heavy atom. The van der Waals surface area contributed by atoms with E-state index in [0.717, 1.165) is 6.42 Å². The van der Waals surface area contributed by atoms with Gasteiger partial charge in [0.25, 0.3) is 0 Å². The van der Waals surface area contributed by atoms with Gasteiger partial charge in [0.15, 0.2) is 0 Å². The zero-order valence-corrected chi connectivity index (χ0v) is 12.6. The van der Waals surface area contributed by atoms with E-state index >= 15 is 0 Å². The summed E-state index contributed by atoms with van der Waals surface area (Å²) < 4.78 is 19.0. The zero-order chi connectivity index (χ0) is 15.1. The lowest BCUT2D eigenvalue weighted by Gasteiger charge is -2.12. The molecule has 1 heterocycles. The molecule has 3 nitrogen and oxygen atoms in total. The molecular weight excluding hydrogens is 289 g/mol.